The molecule has 0 saturated heterocycles. The molecule has 28 heavy (non-hydrogen) atoms. The number of hydrogen-bond acceptors (Lipinski definition) is 8. The Hall–Kier alpha value is -4.08. The van der Waals surface area contributed by atoms with Crippen molar-refractivity contribution in [1.29, 1.82) is 0 Å². The average Bonchev–Trinajstić information content (AvgIpc) is 2.69. The lowest BCUT2D eigenvalue weighted by Crippen LogP contribution is -2.13. The maximum Gasteiger partial charge on any atom is 0.338 e. The average molecular weight is 386 g/mol. The molecule has 0 spiro atoms. The molecule has 0 fully saturated rings. The lowest BCUT2D eigenvalue weighted by molar-refractivity contribution is -0.394. The van der Waals surface area contributed by atoms with Gasteiger partial charge in [-0.05, 0) is 11.6 Å². The fourth-order valence-corrected chi connectivity index (χ4v) is 2.06. The zero-order valence-electron chi connectivity index (χ0n) is 14.3. The van der Waals surface area contributed by atoms with E-state index >= 15 is 0 Å². The van der Waals surface area contributed by atoms with Gasteiger partial charge in [-0.25, -0.2) is 9.59 Å². The maximum absolute atomic E-state index is 11.9. The third-order valence-electron chi connectivity index (χ3n) is 3.33. The standard InChI is InChI=1S/C18H14N2O8/c21-17(7-6-13-4-2-1-3-5-13)27-8-9-28-18(22)14-10-15(19(23)24)12-16(11-14)20(25)26/h1-7,10-12H,8-9H2. The summed E-state index contributed by atoms with van der Waals surface area (Å²) >= 11 is 0. The number of hydrogen-bond donors (Lipinski definition) is 0. The fraction of sp³-hybridized carbons (Fsp3) is 0.111. The van der Waals surface area contributed by atoms with Crippen molar-refractivity contribution in [3.05, 3.63) is 86.0 Å². The number of non-ortho nitro benzene ring substituents is 2. The van der Waals surface area contributed by atoms with Gasteiger partial charge in [-0.1, -0.05) is 30.3 Å². The Morgan fingerprint density at radius 3 is 2.04 bits per heavy atom. The normalized spacial score (nSPS) is 10.4. The van der Waals surface area contributed by atoms with Gasteiger partial charge >= 0.3 is 11.9 Å². The van der Waals surface area contributed by atoms with E-state index in [2.05, 4.69) is 0 Å². The van der Waals surface area contributed by atoms with E-state index in [1.807, 2.05) is 18.2 Å². The van der Waals surface area contributed by atoms with Crippen LogP contribution in [0.2, 0.25) is 0 Å². The second kappa shape index (κ2) is 9.57. The van der Waals surface area contributed by atoms with Gasteiger partial charge in [0.2, 0.25) is 0 Å². The molecular formula is C18H14N2O8. The van der Waals surface area contributed by atoms with E-state index in [0.29, 0.717) is 0 Å². The summed E-state index contributed by atoms with van der Waals surface area (Å²) < 4.78 is 9.68. The molecule has 2 rings (SSSR count). The molecule has 0 aliphatic carbocycles. The van der Waals surface area contributed by atoms with Crippen molar-refractivity contribution in [2.24, 2.45) is 0 Å². The predicted octanol–water partition coefficient (Wildman–Crippen LogP) is 2.92. The van der Waals surface area contributed by atoms with E-state index in [1.165, 1.54) is 6.08 Å². The van der Waals surface area contributed by atoms with Crippen LogP contribution in [0.5, 0.6) is 0 Å². The summed E-state index contributed by atoms with van der Waals surface area (Å²) in [5.74, 6) is -1.66. The van der Waals surface area contributed by atoms with Crippen LogP contribution in [-0.4, -0.2) is 35.0 Å². The van der Waals surface area contributed by atoms with E-state index in [-0.39, 0.29) is 18.8 Å². The van der Waals surface area contributed by atoms with Crippen LogP contribution < -0.4 is 0 Å². The van der Waals surface area contributed by atoms with Crippen LogP contribution in [0, 0.1) is 20.2 Å². The minimum Gasteiger partial charge on any atom is -0.459 e. The maximum atomic E-state index is 11.9. The van der Waals surface area contributed by atoms with Crippen molar-refractivity contribution in [2.75, 3.05) is 13.2 Å². The van der Waals surface area contributed by atoms with Crippen molar-refractivity contribution in [1.82, 2.24) is 0 Å². The molecule has 0 aliphatic heterocycles. The Morgan fingerprint density at radius 1 is 0.893 bits per heavy atom. The van der Waals surface area contributed by atoms with E-state index in [1.54, 1.807) is 18.2 Å². The van der Waals surface area contributed by atoms with E-state index in [9.17, 15) is 29.8 Å². The van der Waals surface area contributed by atoms with Crippen molar-refractivity contribution >= 4 is 29.4 Å². The van der Waals surface area contributed by atoms with Gasteiger partial charge in [0.1, 0.15) is 13.2 Å². The number of nitro benzene ring substituents is 2. The first-order chi connectivity index (χ1) is 13.4. The molecule has 0 radical (unpaired) electrons. The van der Waals surface area contributed by atoms with Crippen molar-refractivity contribution in [3.63, 3.8) is 0 Å². The molecule has 0 amide bonds. The summed E-state index contributed by atoms with van der Waals surface area (Å²) in [5.41, 5.74) is -0.772. The molecule has 0 atom stereocenters. The summed E-state index contributed by atoms with van der Waals surface area (Å²) in [5, 5.41) is 21.6. The van der Waals surface area contributed by atoms with Gasteiger partial charge in [-0.2, -0.15) is 0 Å². The second-order valence-electron chi connectivity index (χ2n) is 5.30. The summed E-state index contributed by atoms with van der Waals surface area (Å²) in [7, 11) is 0. The van der Waals surface area contributed by atoms with Crippen LogP contribution >= 0.6 is 0 Å². The van der Waals surface area contributed by atoms with Gasteiger partial charge in [0.05, 0.1) is 21.5 Å². The SMILES string of the molecule is O=C(C=Cc1ccccc1)OCCOC(=O)c1cc([N+](=O)[O-])cc([N+](=O)[O-])c1. The largest absolute Gasteiger partial charge is 0.459 e. The van der Waals surface area contributed by atoms with Crippen LogP contribution in [0.1, 0.15) is 15.9 Å². The minimum atomic E-state index is -1.01. The zero-order chi connectivity index (χ0) is 20.5. The molecule has 10 nitrogen and oxygen atoms in total. The van der Waals surface area contributed by atoms with Gasteiger partial charge in [0, 0.05) is 18.2 Å². The van der Waals surface area contributed by atoms with Crippen LogP contribution in [0.3, 0.4) is 0 Å². The first-order valence-corrected chi connectivity index (χ1v) is 7.87. The molecule has 0 bridgehead atoms. The zero-order valence-corrected chi connectivity index (χ0v) is 14.3. The van der Waals surface area contributed by atoms with Gasteiger partial charge in [-0.3, -0.25) is 20.2 Å². The second-order valence-corrected chi connectivity index (χ2v) is 5.30. The topological polar surface area (TPSA) is 139 Å². The summed E-state index contributed by atoms with van der Waals surface area (Å²) in [4.78, 5) is 43.4. The molecule has 0 N–H and O–H groups in total. The summed E-state index contributed by atoms with van der Waals surface area (Å²) in [6, 6.07) is 11.5. The molecule has 0 heterocycles. The fourth-order valence-electron chi connectivity index (χ4n) is 2.06. The number of benzene rings is 2. The van der Waals surface area contributed by atoms with Crippen molar-refractivity contribution in [2.45, 2.75) is 0 Å². The molecule has 0 aliphatic rings. The van der Waals surface area contributed by atoms with Gasteiger partial charge in [0.15, 0.2) is 0 Å². The molecule has 2 aromatic carbocycles. The van der Waals surface area contributed by atoms with E-state index in [0.717, 1.165) is 23.8 Å². The Bertz CT molecular complexity index is 892. The molecule has 10 heteroatoms. The number of nitro groups is 2. The van der Waals surface area contributed by atoms with Crippen LogP contribution in [0.15, 0.2) is 54.6 Å². The van der Waals surface area contributed by atoms with E-state index in [4.69, 9.17) is 9.47 Å². The third-order valence-corrected chi connectivity index (χ3v) is 3.33. The van der Waals surface area contributed by atoms with Gasteiger partial charge in [-0.15, -0.1) is 0 Å². The first-order valence-electron chi connectivity index (χ1n) is 7.87. The van der Waals surface area contributed by atoms with Crippen molar-refractivity contribution < 1.29 is 28.9 Å². The first kappa shape index (κ1) is 20.2. The highest BCUT2D eigenvalue weighted by molar-refractivity contribution is 5.91. The van der Waals surface area contributed by atoms with Crippen LogP contribution in [0.4, 0.5) is 11.4 Å². The number of rotatable bonds is 8. The predicted molar refractivity (Wildman–Crippen MR) is 96.5 cm³/mol. The Balaban J connectivity index is 1.87. The lowest BCUT2D eigenvalue weighted by Gasteiger charge is -2.05. The molecular weight excluding hydrogens is 372 g/mol. The van der Waals surface area contributed by atoms with Crippen LogP contribution in [0.25, 0.3) is 6.08 Å². The Labute approximate surface area is 158 Å². The monoisotopic (exact) mass is 386 g/mol. The lowest BCUT2D eigenvalue weighted by atomic mass is 10.2. The van der Waals surface area contributed by atoms with Gasteiger partial charge in [0.25, 0.3) is 11.4 Å². The highest BCUT2D eigenvalue weighted by Crippen LogP contribution is 2.23. The van der Waals surface area contributed by atoms with Crippen molar-refractivity contribution in [3.8, 4) is 0 Å². The number of carbonyl (C=O) groups excluding carboxylic acids is 2. The molecule has 0 unspecified atom stereocenters. The third kappa shape index (κ3) is 6.02. The smallest absolute Gasteiger partial charge is 0.338 e. The summed E-state index contributed by atoms with van der Waals surface area (Å²) in [6.45, 7) is -0.568. The summed E-state index contributed by atoms with van der Waals surface area (Å²) in [6.07, 6.45) is 2.76. The highest BCUT2D eigenvalue weighted by atomic mass is 16.6. The molecule has 0 aromatic heterocycles. The number of nitrogens with zero attached hydrogens (tertiary/aromatic N) is 2. The van der Waals surface area contributed by atoms with E-state index < -0.39 is 33.2 Å². The number of esters is 2. The Kier molecular flexibility index (Phi) is 6.92. The molecule has 0 saturated carbocycles. The minimum absolute atomic E-state index is 0.249. The quantitative estimate of drug-likeness (QED) is 0.222. The molecule has 144 valence electrons. The molecule has 2 aromatic rings. The number of ether oxygens (including phenoxy) is 2. The van der Waals surface area contributed by atoms with Gasteiger partial charge < -0.3 is 9.47 Å². The van der Waals surface area contributed by atoms with Crippen LogP contribution in [-0.2, 0) is 14.3 Å². The number of carbonyl (C=O) groups is 2. The Morgan fingerprint density at radius 2 is 1.46 bits per heavy atom. The highest BCUT2D eigenvalue weighted by Gasteiger charge is 2.20.